The van der Waals surface area contributed by atoms with E-state index < -0.39 is 0 Å². The normalized spacial score (nSPS) is 31.0. The average molecular weight is 244 g/mol. The van der Waals surface area contributed by atoms with Gasteiger partial charge in [-0.3, -0.25) is 5.10 Å². The van der Waals surface area contributed by atoms with Gasteiger partial charge in [-0.1, -0.05) is 24.6 Å². The van der Waals surface area contributed by atoms with E-state index in [0.717, 1.165) is 6.42 Å². The monoisotopic (exact) mass is 244 g/mol. The predicted molar refractivity (Wildman–Crippen MR) is 71.9 cm³/mol. The Bertz CT molecular complexity index is 500. The molecule has 3 nitrogen and oxygen atoms in total. The molecule has 1 heterocycles. The van der Waals surface area contributed by atoms with Gasteiger partial charge >= 0.3 is 0 Å². The van der Waals surface area contributed by atoms with Gasteiger partial charge in [0.15, 0.2) is 0 Å². The first-order chi connectivity index (χ1) is 8.74. The van der Waals surface area contributed by atoms with Crippen molar-refractivity contribution in [1.29, 1.82) is 0 Å². The fourth-order valence-corrected chi connectivity index (χ4v) is 3.53. The van der Waals surface area contributed by atoms with Crippen LogP contribution in [0.4, 0.5) is 0 Å². The van der Waals surface area contributed by atoms with Gasteiger partial charge in [0, 0.05) is 0 Å². The van der Waals surface area contributed by atoms with Gasteiger partial charge in [0.2, 0.25) is 0 Å². The van der Waals surface area contributed by atoms with Crippen LogP contribution in [-0.4, -0.2) is 21.9 Å². The second kappa shape index (κ2) is 4.39. The Balaban J connectivity index is 1.98. The van der Waals surface area contributed by atoms with Crippen LogP contribution in [0.1, 0.15) is 37.4 Å². The number of hydrogen-bond donors (Lipinski definition) is 2. The summed E-state index contributed by atoms with van der Waals surface area (Å²) in [6, 6.07) is 0. The lowest BCUT2D eigenvalue weighted by molar-refractivity contribution is 0.224. The first kappa shape index (κ1) is 11.7. The molecule has 2 atom stereocenters. The first-order valence-electron chi connectivity index (χ1n) is 6.75. The number of aliphatic hydroxyl groups is 1. The third-order valence-corrected chi connectivity index (χ3v) is 4.61. The van der Waals surface area contributed by atoms with Crippen LogP contribution in [0.15, 0.2) is 23.9 Å². The summed E-state index contributed by atoms with van der Waals surface area (Å²) in [5.41, 5.74) is 4.26. The van der Waals surface area contributed by atoms with Crippen LogP contribution in [0.5, 0.6) is 0 Å². The molecule has 1 aromatic rings. The van der Waals surface area contributed by atoms with Crippen LogP contribution >= 0.6 is 0 Å². The maximum Gasteiger partial charge on any atom is 0.0612 e. The van der Waals surface area contributed by atoms with Crippen molar-refractivity contribution in [2.75, 3.05) is 6.61 Å². The Morgan fingerprint density at radius 1 is 1.61 bits per heavy atom. The third-order valence-electron chi connectivity index (χ3n) is 4.61. The van der Waals surface area contributed by atoms with Gasteiger partial charge < -0.3 is 5.11 Å². The molecule has 0 aromatic carbocycles. The lowest BCUT2D eigenvalue weighted by atomic mass is 9.60. The molecule has 0 amide bonds. The summed E-state index contributed by atoms with van der Waals surface area (Å²) in [5.74, 6) is 0.535. The van der Waals surface area contributed by atoms with Crippen LogP contribution in [0, 0.1) is 11.3 Å². The molecule has 0 radical (unpaired) electrons. The Morgan fingerprint density at radius 2 is 2.50 bits per heavy atom. The maximum atomic E-state index is 8.99. The highest BCUT2D eigenvalue weighted by molar-refractivity contribution is 5.58. The summed E-state index contributed by atoms with van der Waals surface area (Å²) in [4.78, 5) is 0. The van der Waals surface area contributed by atoms with Crippen molar-refractivity contribution in [1.82, 2.24) is 10.2 Å². The number of allylic oxidation sites excluding steroid dienone is 2. The number of nitrogens with one attached hydrogen (secondary N) is 1. The molecule has 18 heavy (non-hydrogen) atoms. The lowest BCUT2D eigenvalue weighted by Gasteiger charge is -2.44. The van der Waals surface area contributed by atoms with Gasteiger partial charge in [-0.15, -0.1) is 0 Å². The van der Waals surface area contributed by atoms with Crippen molar-refractivity contribution >= 4 is 6.08 Å². The second-order valence-corrected chi connectivity index (χ2v) is 5.68. The molecular weight excluding hydrogens is 224 g/mol. The quantitative estimate of drug-likeness (QED) is 0.786. The molecule has 3 rings (SSSR count). The fourth-order valence-electron chi connectivity index (χ4n) is 3.53. The second-order valence-electron chi connectivity index (χ2n) is 5.68. The zero-order valence-corrected chi connectivity index (χ0v) is 10.8. The summed E-state index contributed by atoms with van der Waals surface area (Å²) < 4.78 is 0. The van der Waals surface area contributed by atoms with E-state index >= 15 is 0 Å². The van der Waals surface area contributed by atoms with Gasteiger partial charge in [0.05, 0.1) is 18.5 Å². The van der Waals surface area contributed by atoms with E-state index in [1.807, 2.05) is 12.3 Å². The van der Waals surface area contributed by atoms with E-state index in [2.05, 4.69) is 29.3 Å². The van der Waals surface area contributed by atoms with Crippen molar-refractivity contribution < 1.29 is 5.11 Å². The molecule has 96 valence electrons. The summed E-state index contributed by atoms with van der Waals surface area (Å²) in [5, 5.41) is 16.2. The largest absolute Gasteiger partial charge is 0.392 e. The van der Waals surface area contributed by atoms with Crippen LogP contribution < -0.4 is 0 Å². The minimum Gasteiger partial charge on any atom is -0.392 e. The molecule has 1 aromatic heterocycles. The van der Waals surface area contributed by atoms with Crippen molar-refractivity contribution in [3.8, 4) is 0 Å². The van der Waals surface area contributed by atoms with Crippen molar-refractivity contribution in [3.05, 3.63) is 35.2 Å². The van der Waals surface area contributed by atoms with Crippen LogP contribution in [0.2, 0.25) is 0 Å². The molecular formula is C15H20N2O. The first-order valence-corrected chi connectivity index (χ1v) is 6.75. The van der Waals surface area contributed by atoms with E-state index in [1.165, 1.54) is 36.1 Å². The number of fused-ring (bicyclic) bond motifs is 2. The lowest BCUT2D eigenvalue weighted by Crippen LogP contribution is -2.36. The highest BCUT2D eigenvalue weighted by Gasteiger charge is 2.41. The van der Waals surface area contributed by atoms with E-state index in [1.54, 1.807) is 0 Å². The number of H-pyrrole nitrogens is 1. The average Bonchev–Trinajstić information content (AvgIpc) is 2.79. The van der Waals surface area contributed by atoms with E-state index in [9.17, 15) is 0 Å². The van der Waals surface area contributed by atoms with Crippen molar-refractivity contribution in [2.24, 2.45) is 11.3 Å². The third kappa shape index (κ3) is 1.74. The van der Waals surface area contributed by atoms with E-state index in [-0.39, 0.29) is 12.0 Å². The summed E-state index contributed by atoms with van der Waals surface area (Å²) in [6.45, 7) is 2.50. The predicted octanol–water partition coefficient (Wildman–Crippen LogP) is 2.70. The summed E-state index contributed by atoms with van der Waals surface area (Å²) in [6.07, 6.45) is 13.1. The molecule has 0 spiro atoms. The Labute approximate surface area is 108 Å². The molecule has 3 heteroatoms. The van der Waals surface area contributed by atoms with Gasteiger partial charge in [0.1, 0.15) is 0 Å². The maximum absolute atomic E-state index is 8.99. The SMILES string of the molecule is C[C@]12Cc3cn[nH]c3C=C1CCC[C@@H]2/C=C/CO. The number of aromatic nitrogens is 2. The minimum atomic E-state index is 0.141. The zero-order valence-electron chi connectivity index (χ0n) is 10.8. The van der Waals surface area contributed by atoms with Crippen LogP contribution in [0.25, 0.3) is 6.08 Å². The summed E-state index contributed by atoms with van der Waals surface area (Å²) in [7, 11) is 0. The zero-order chi connectivity index (χ0) is 12.6. The highest BCUT2D eigenvalue weighted by Crippen LogP contribution is 2.50. The Morgan fingerprint density at radius 3 is 3.33 bits per heavy atom. The fraction of sp³-hybridized carbons (Fsp3) is 0.533. The van der Waals surface area contributed by atoms with Gasteiger partial charge in [-0.25, -0.2) is 0 Å². The Kier molecular flexibility index (Phi) is 2.86. The molecule has 2 aliphatic carbocycles. The number of aliphatic hydroxyl groups excluding tert-OH is 1. The number of hydrogen-bond acceptors (Lipinski definition) is 2. The molecule has 2 N–H and O–H groups in total. The molecule has 2 aliphatic rings. The Hall–Kier alpha value is -1.35. The minimum absolute atomic E-state index is 0.141. The van der Waals surface area contributed by atoms with Crippen molar-refractivity contribution in [3.63, 3.8) is 0 Å². The molecule has 1 fully saturated rings. The van der Waals surface area contributed by atoms with Gasteiger partial charge in [0.25, 0.3) is 0 Å². The summed E-state index contributed by atoms with van der Waals surface area (Å²) >= 11 is 0. The molecule has 0 saturated heterocycles. The van der Waals surface area contributed by atoms with E-state index in [4.69, 9.17) is 5.11 Å². The van der Waals surface area contributed by atoms with Gasteiger partial charge in [-0.2, -0.15) is 5.10 Å². The van der Waals surface area contributed by atoms with Crippen LogP contribution in [0.3, 0.4) is 0 Å². The molecule has 1 saturated carbocycles. The standard InChI is InChI=1S/C15H20N2O/c1-15-9-11-10-16-17-14(11)8-13(15)5-2-4-12(15)6-3-7-18/h3,6,8,10,12,18H,2,4-5,7,9H2,1H3,(H,16,17)/b6-3+/t12-,15-/m1/s1. The number of aromatic amines is 1. The molecule has 0 bridgehead atoms. The smallest absolute Gasteiger partial charge is 0.0612 e. The van der Waals surface area contributed by atoms with Crippen molar-refractivity contribution in [2.45, 2.75) is 32.6 Å². The molecule has 0 unspecified atom stereocenters. The van der Waals surface area contributed by atoms with Crippen LogP contribution in [-0.2, 0) is 6.42 Å². The highest BCUT2D eigenvalue weighted by atomic mass is 16.2. The topological polar surface area (TPSA) is 48.9 Å². The number of rotatable bonds is 2. The van der Waals surface area contributed by atoms with E-state index in [0.29, 0.717) is 5.92 Å². The number of nitrogens with zero attached hydrogens (tertiary/aromatic N) is 1. The molecule has 0 aliphatic heterocycles. The van der Waals surface area contributed by atoms with Gasteiger partial charge in [-0.05, 0) is 48.7 Å².